The highest BCUT2D eigenvalue weighted by Crippen LogP contribution is 2.46. The van der Waals surface area contributed by atoms with Crippen LogP contribution in [0.4, 0.5) is 0 Å². The van der Waals surface area contributed by atoms with Crippen LogP contribution in [0.2, 0.25) is 0 Å². The molecule has 1 atom stereocenters. The van der Waals surface area contributed by atoms with Gasteiger partial charge in [0.25, 0.3) is 0 Å². The number of methoxy groups -OCH3 is 1. The maximum atomic E-state index is 9.61. The van der Waals surface area contributed by atoms with Gasteiger partial charge in [0.2, 0.25) is 0 Å². The highest BCUT2D eigenvalue weighted by atomic mass is 32.2. The minimum Gasteiger partial charge on any atom is -0.497 e. The van der Waals surface area contributed by atoms with Crippen molar-refractivity contribution in [1.82, 2.24) is 0 Å². The van der Waals surface area contributed by atoms with Gasteiger partial charge in [-0.05, 0) is 59.4 Å². The summed E-state index contributed by atoms with van der Waals surface area (Å²) in [5, 5.41) is 13.2. The lowest BCUT2D eigenvalue weighted by molar-refractivity contribution is 0.414. The number of rotatable bonds is 3. The predicted octanol–water partition coefficient (Wildman–Crippen LogP) is 5.58. The van der Waals surface area contributed by atoms with E-state index in [1.54, 1.807) is 30.2 Å². The summed E-state index contributed by atoms with van der Waals surface area (Å²) < 4.78 is 6.43. The summed E-state index contributed by atoms with van der Waals surface area (Å²) in [6, 6.07) is 13.0. The van der Waals surface area contributed by atoms with E-state index >= 15 is 0 Å². The molecule has 0 aliphatic heterocycles. The molecule has 1 unspecified atom stereocenters. The smallest absolute Gasteiger partial charge is 0.118 e. The number of nitrogens with zero attached hydrogens (tertiary/aromatic N) is 1. The SMILES string of the molecule is COc1ccc(C2CCc3cc(SC)c(C#N)c4scc2c34)cc1. The zero-order valence-electron chi connectivity index (χ0n) is 13.6. The van der Waals surface area contributed by atoms with Gasteiger partial charge in [-0.15, -0.1) is 23.1 Å². The van der Waals surface area contributed by atoms with Crippen molar-refractivity contribution in [2.45, 2.75) is 23.7 Å². The van der Waals surface area contributed by atoms with Crippen molar-refractivity contribution < 1.29 is 4.74 Å². The third kappa shape index (κ3) is 2.31. The highest BCUT2D eigenvalue weighted by Gasteiger charge is 2.27. The van der Waals surface area contributed by atoms with E-state index in [4.69, 9.17) is 4.74 Å². The molecule has 0 spiro atoms. The van der Waals surface area contributed by atoms with Crippen LogP contribution in [-0.2, 0) is 6.42 Å². The lowest BCUT2D eigenvalue weighted by Crippen LogP contribution is -2.08. The van der Waals surface area contributed by atoms with Gasteiger partial charge in [-0.2, -0.15) is 5.26 Å². The number of aryl methyl sites for hydroxylation is 1. The fourth-order valence-corrected chi connectivity index (χ4v) is 5.50. The molecule has 0 fully saturated rings. The second-order valence-electron chi connectivity index (χ2n) is 5.98. The molecule has 1 aliphatic carbocycles. The number of hydrogen-bond donors (Lipinski definition) is 0. The first-order valence-corrected chi connectivity index (χ1v) is 10.0. The molecular formula is C20H17NOS2. The number of thioether (sulfide) groups is 1. The van der Waals surface area contributed by atoms with Gasteiger partial charge in [0.05, 0.1) is 17.4 Å². The Balaban J connectivity index is 1.88. The van der Waals surface area contributed by atoms with Crippen LogP contribution in [-0.4, -0.2) is 13.4 Å². The fraction of sp³-hybridized carbons (Fsp3) is 0.250. The van der Waals surface area contributed by atoms with Crippen LogP contribution >= 0.6 is 23.1 Å². The van der Waals surface area contributed by atoms with Crippen LogP contribution in [0.25, 0.3) is 10.1 Å². The zero-order valence-corrected chi connectivity index (χ0v) is 15.3. The molecular weight excluding hydrogens is 334 g/mol. The third-order valence-electron chi connectivity index (χ3n) is 4.85. The van der Waals surface area contributed by atoms with Crippen molar-refractivity contribution in [2.24, 2.45) is 0 Å². The standard InChI is InChI=1S/C20H17NOS2/c1-22-14-6-3-12(4-7-14)15-8-5-13-9-18(23-2)16(10-21)20-19(13)17(15)11-24-20/h3-4,6-7,9,11,15H,5,8H2,1-2H3. The zero-order chi connectivity index (χ0) is 16.7. The van der Waals surface area contributed by atoms with E-state index in [1.165, 1.54) is 22.1 Å². The Morgan fingerprint density at radius 2 is 2.08 bits per heavy atom. The van der Waals surface area contributed by atoms with Gasteiger partial charge in [-0.3, -0.25) is 0 Å². The number of benzene rings is 2. The van der Waals surface area contributed by atoms with Crippen LogP contribution in [0.1, 0.15) is 34.6 Å². The molecule has 4 heteroatoms. The molecule has 0 saturated heterocycles. The molecule has 0 amide bonds. The minimum atomic E-state index is 0.406. The van der Waals surface area contributed by atoms with Crippen LogP contribution in [0.5, 0.6) is 5.75 Å². The molecule has 1 aromatic heterocycles. The first-order valence-electron chi connectivity index (χ1n) is 7.91. The second kappa shape index (κ2) is 6.16. The minimum absolute atomic E-state index is 0.406. The van der Waals surface area contributed by atoms with Crippen molar-refractivity contribution in [3.8, 4) is 11.8 Å². The molecule has 0 radical (unpaired) electrons. The molecule has 24 heavy (non-hydrogen) atoms. The van der Waals surface area contributed by atoms with Crippen molar-refractivity contribution in [3.63, 3.8) is 0 Å². The van der Waals surface area contributed by atoms with E-state index < -0.39 is 0 Å². The van der Waals surface area contributed by atoms with Gasteiger partial charge in [0.1, 0.15) is 11.8 Å². The maximum Gasteiger partial charge on any atom is 0.118 e. The maximum absolute atomic E-state index is 9.61. The number of nitriles is 1. The Morgan fingerprint density at radius 3 is 2.75 bits per heavy atom. The molecule has 120 valence electrons. The molecule has 3 aromatic rings. The molecule has 1 aliphatic rings. The third-order valence-corrected chi connectivity index (χ3v) is 6.62. The Labute approximate surface area is 150 Å². The van der Waals surface area contributed by atoms with Crippen LogP contribution in [0.3, 0.4) is 0 Å². The number of hydrogen-bond acceptors (Lipinski definition) is 4. The molecule has 1 heterocycles. The summed E-state index contributed by atoms with van der Waals surface area (Å²) in [7, 11) is 1.70. The topological polar surface area (TPSA) is 33.0 Å². The van der Waals surface area contributed by atoms with Crippen LogP contribution in [0, 0.1) is 11.3 Å². The molecule has 2 aromatic carbocycles. The van der Waals surface area contributed by atoms with Crippen molar-refractivity contribution >= 4 is 33.2 Å². The average Bonchev–Trinajstić information content (AvgIpc) is 3.08. The van der Waals surface area contributed by atoms with E-state index in [2.05, 4.69) is 29.6 Å². The Morgan fingerprint density at radius 1 is 1.29 bits per heavy atom. The normalized spacial score (nSPS) is 16.1. The summed E-state index contributed by atoms with van der Waals surface area (Å²) >= 11 is 3.39. The summed E-state index contributed by atoms with van der Waals surface area (Å²) in [4.78, 5) is 1.11. The van der Waals surface area contributed by atoms with E-state index in [-0.39, 0.29) is 0 Å². The molecule has 2 nitrogen and oxygen atoms in total. The van der Waals surface area contributed by atoms with Crippen LogP contribution < -0.4 is 4.74 Å². The van der Waals surface area contributed by atoms with Gasteiger partial charge in [0, 0.05) is 16.2 Å². The summed E-state index contributed by atoms with van der Waals surface area (Å²) in [6.07, 6.45) is 4.23. The average molecular weight is 351 g/mol. The summed E-state index contributed by atoms with van der Waals surface area (Å²) in [6.45, 7) is 0. The van der Waals surface area contributed by atoms with E-state index in [9.17, 15) is 5.26 Å². The van der Waals surface area contributed by atoms with Crippen LogP contribution in [0.15, 0.2) is 40.6 Å². The number of thiophene rings is 1. The fourth-order valence-electron chi connectivity index (χ4n) is 3.66. The van der Waals surface area contributed by atoms with Crippen molar-refractivity contribution in [2.75, 3.05) is 13.4 Å². The van der Waals surface area contributed by atoms with E-state index in [0.29, 0.717) is 5.92 Å². The van der Waals surface area contributed by atoms with Gasteiger partial charge in [0.15, 0.2) is 0 Å². The quantitative estimate of drug-likeness (QED) is 0.577. The van der Waals surface area contributed by atoms with Gasteiger partial charge < -0.3 is 4.74 Å². The van der Waals surface area contributed by atoms with Crippen molar-refractivity contribution in [1.29, 1.82) is 5.26 Å². The van der Waals surface area contributed by atoms with Gasteiger partial charge >= 0.3 is 0 Å². The Kier molecular flexibility index (Phi) is 3.99. The molecule has 0 bridgehead atoms. The largest absolute Gasteiger partial charge is 0.497 e. The molecule has 0 N–H and O–H groups in total. The van der Waals surface area contributed by atoms with Gasteiger partial charge in [-0.25, -0.2) is 0 Å². The monoisotopic (exact) mass is 351 g/mol. The first kappa shape index (κ1) is 15.6. The molecule has 0 saturated carbocycles. The van der Waals surface area contributed by atoms with E-state index in [1.807, 2.05) is 18.4 Å². The van der Waals surface area contributed by atoms with E-state index in [0.717, 1.165) is 33.8 Å². The highest BCUT2D eigenvalue weighted by molar-refractivity contribution is 7.98. The Hall–Kier alpha value is -1.96. The Bertz CT molecular complexity index is 950. The van der Waals surface area contributed by atoms with Crippen molar-refractivity contribution in [3.05, 3.63) is 58.0 Å². The lowest BCUT2D eigenvalue weighted by Gasteiger charge is -2.24. The second-order valence-corrected chi connectivity index (χ2v) is 7.71. The number of ether oxygens (including phenoxy) is 1. The summed E-state index contributed by atoms with van der Waals surface area (Å²) in [5.41, 5.74) is 4.95. The predicted molar refractivity (Wildman–Crippen MR) is 101 cm³/mol. The summed E-state index contributed by atoms with van der Waals surface area (Å²) in [5.74, 6) is 1.30. The lowest BCUT2D eigenvalue weighted by atomic mass is 9.80. The van der Waals surface area contributed by atoms with Gasteiger partial charge in [-0.1, -0.05) is 12.1 Å². The molecule has 4 rings (SSSR count). The first-order chi connectivity index (χ1) is 11.8.